The van der Waals surface area contributed by atoms with E-state index in [1.165, 1.54) is 64.2 Å². The van der Waals surface area contributed by atoms with Crippen LogP contribution in [0.1, 0.15) is 168 Å². The topological polar surface area (TPSA) is 0 Å². The van der Waals surface area contributed by atoms with Crippen LogP contribution in [-0.2, 0) is 0 Å². The maximum Gasteiger partial charge on any atom is -0.0275 e. The van der Waals surface area contributed by atoms with Gasteiger partial charge in [-0.05, 0) is 83.4 Å². The lowest BCUT2D eigenvalue weighted by Gasteiger charge is -2.49. The maximum atomic E-state index is 2.62. The van der Waals surface area contributed by atoms with E-state index in [0.717, 1.165) is 41.4 Å². The van der Waals surface area contributed by atoms with Crippen molar-refractivity contribution in [3.63, 3.8) is 0 Å². The van der Waals surface area contributed by atoms with E-state index in [1.807, 2.05) is 0 Å². The Morgan fingerprint density at radius 1 is 0.629 bits per heavy atom. The molecule has 0 bridgehead atoms. The third-order valence-corrected chi connectivity index (χ3v) is 11.2. The van der Waals surface area contributed by atoms with Crippen molar-refractivity contribution in [3.8, 4) is 0 Å². The minimum atomic E-state index is 0.379. The fourth-order valence-electron chi connectivity index (χ4n) is 7.83. The van der Waals surface area contributed by atoms with Crippen LogP contribution in [0, 0.1) is 57.7 Å². The van der Waals surface area contributed by atoms with E-state index in [1.54, 1.807) is 0 Å². The third-order valence-electron chi connectivity index (χ3n) is 11.2. The molecular formula is C35H72. The van der Waals surface area contributed by atoms with Crippen LogP contribution in [0.15, 0.2) is 0 Å². The van der Waals surface area contributed by atoms with Crippen molar-refractivity contribution in [2.24, 2.45) is 57.7 Å². The zero-order chi connectivity index (χ0) is 27.6. The summed E-state index contributed by atoms with van der Waals surface area (Å²) >= 11 is 0. The summed E-state index contributed by atoms with van der Waals surface area (Å²) in [5.41, 5.74) is 1.17. The van der Waals surface area contributed by atoms with Gasteiger partial charge in [0.15, 0.2) is 0 Å². The quantitative estimate of drug-likeness (QED) is 0.168. The van der Waals surface area contributed by atoms with Gasteiger partial charge in [0.2, 0.25) is 0 Å². The van der Waals surface area contributed by atoms with E-state index in [2.05, 4.69) is 104 Å². The number of hydrogen-bond acceptors (Lipinski definition) is 0. The predicted octanol–water partition coefficient (Wildman–Crippen LogP) is 12.5. The van der Waals surface area contributed by atoms with Crippen LogP contribution in [0.3, 0.4) is 0 Å². The summed E-state index contributed by atoms with van der Waals surface area (Å²) in [5.74, 6) is 5.78. The second-order valence-corrected chi connectivity index (χ2v) is 15.1. The highest BCUT2D eigenvalue weighted by Gasteiger charge is 2.43. The molecule has 0 fully saturated rings. The normalized spacial score (nSPS) is 20.2. The molecule has 0 aromatic rings. The minimum absolute atomic E-state index is 0.379. The fourth-order valence-corrected chi connectivity index (χ4v) is 7.83. The predicted molar refractivity (Wildman–Crippen MR) is 163 cm³/mol. The smallest absolute Gasteiger partial charge is 0.0275 e. The van der Waals surface area contributed by atoms with Crippen LogP contribution >= 0.6 is 0 Å². The summed E-state index contributed by atoms with van der Waals surface area (Å²) in [6, 6.07) is 0. The van der Waals surface area contributed by atoms with Crippen molar-refractivity contribution in [2.45, 2.75) is 168 Å². The average Bonchev–Trinajstić information content (AvgIpc) is 2.77. The van der Waals surface area contributed by atoms with Crippen LogP contribution in [0.4, 0.5) is 0 Å². The van der Waals surface area contributed by atoms with Gasteiger partial charge in [0.05, 0.1) is 0 Å². The summed E-state index contributed by atoms with van der Waals surface area (Å²) in [6.07, 6.45) is 13.5. The van der Waals surface area contributed by atoms with Crippen LogP contribution < -0.4 is 0 Å². The zero-order valence-electron chi connectivity index (χ0n) is 27.6. The van der Waals surface area contributed by atoms with E-state index in [0.29, 0.717) is 16.2 Å². The number of rotatable bonds is 19. The van der Waals surface area contributed by atoms with Crippen molar-refractivity contribution in [3.05, 3.63) is 0 Å². The fraction of sp³-hybridized carbons (Fsp3) is 1.00. The van der Waals surface area contributed by atoms with Crippen molar-refractivity contribution >= 4 is 0 Å². The van der Waals surface area contributed by atoms with E-state index < -0.39 is 0 Å². The van der Waals surface area contributed by atoms with Gasteiger partial charge in [-0.1, -0.05) is 142 Å². The lowest BCUT2D eigenvalue weighted by Crippen LogP contribution is -2.40. The van der Waals surface area contributed by atoms with Gasteiger partial charge in [0, 0.05) is 0 Å². The highest BCUT2D eigenvalue weighted by Crippen LogP contribution is 2.53. The van der Waals surface area contributed by atoms with Crippen molar-refractivity contribution in [2.75, 3.05) is 0 Å². The number of hydrogen-bond donors (Lipinski definition) is 0. The Morgan fingerprint density at radius 3 is 1.57 bits per heavy atom. The highest BCUT2D eigenvalue weighted by atomic mass is 14.5. The molecule has 0 aliphatic rings. The molecule has 0 saturated heterocycles. The van der Waals surface area contributed by atoms with E-state index in [-0.39, 0.29) is 0 Å². The molecule has 0 aromatic heterocycles. The monoisotopic (exact) mass is 493 g/mol. The molecular weight excluding hydrogens is 420 g/mol. The van der Waals surface area contributed by atoms with Crippen LogP contribution in [0.5, 0.6) is 0 Å². The first-order chi connectivity index (χ1) is 16.0. The Labute approximate surface area is 225 Å². The zero-order valence-corrected chi connectivity index (χ0v) is 27.6. The third kappa shape index (κ3) is 10.3. The van der Waals surface area contributed by atoms with Gasteiger partial charge in [-0.2, -0.15) is 0 Å². The molecule has 0 rings (SSSR count). The average molecular weight is 493 g/mol. The molecule has 0 saturated carbocycles. The molecule has 0 spiro atoms. The van der Waals surface area contributed by atoms with Crippen molar-refractivity contribution in [1.29, 1.82) is 0 Å². The molecule has 0 aliphatic carbocycles. The van der Waals surface area contributed by atoms with E-state index in [4.69, 9.17) is 0 Å². The summed E-state index contributed by atoms with van der Waals surface area (Å²) < 4.78 is 0. The second-order valence-electron chi connectivity index (χ2n) is 15.1. The largest absolute Gasteiger partial charge is 0.0654 e. The lowest BCUT2D eigenvalue weighted by molar-refractivity contribution is 0.00715. The van der Waals surface area contributed by atoms with Gasteiger partial charge in [-0.3, -0.25) is 0 Å². The van der Waals surface area contributed by atoms with Crippen LogP contribution in [0.25, 0.3) is 0 Å². The second kappa shape index (κ2) is 15.4. The van der Waals surface area contributed by atoms with Gasteiger partial charge < -0.3 is 0 Å². The summed E-state index contributed by atoms with van der Waals surface area (Å²) in [7, 11) is 0. The molecule has 0 nitrogen and oxygen atoms in total. The molecule has 0 N–H and O–H groups in total. The SMILES string of the molecule is CCCC(CC)C(CC(C)C)C(C)C(C)(C)CC(C)CC(C)(CC)C(C)(C)CC(CC)C(C)CC. The first-order valence-corrected chi connectivity index (χ1v) is 16.0. The standard InChI is InChI=1S/C35H72/c1-16-21-30(18-3)32(22-26(6)7)29(10)33(11,12)23-27(8)24-35(15,20-5)34(13,14)25-31(19-4)28(9)17-2/h26-32H,16-25H2,1-15H3. The molecule has 212 valence electrons. The minimum Gasteiger partial charge on any atom is -0.0654 e. The lowest BCUT2D eigenvalue weighted by atomic mass is 9.56. The summed E-state index contributed by atoms with van der Waals surface area (Å²) in [5, 5.41) is 0. The Hall–Kier alpha value is 0. The maximum absolute atomic E-state index is 2.62. The molecule has 0 heterocycles. The molecule has 0 heteroatoms. The first-order valence-electron chi connectivity index (χ1n) is 16.0. The summed E-state index contributed by atoms with van der Waals surface area (Å²) in [4.78, 5) is 0. The molecule has 0 aliphatic heterocycles. The van der Waals surface area contributed by atoms with Gasteiger partial charge >= 0.3 is 0 Å². The van der Waals surface area contributed by atoms with E-state index in [9.17, 15) is 0 Å². The van der Waals surface area contributed by atoms with Gasteiger partial charge in [-0.25, -0.2) is 0 Å². The van der Waals surface area contributed by atoms with Gasteiger partial charge in [-0.15, -0.1) is 0 Å². The molecule has 7 atom stereocenters. The molecule has 7 unspecified atom stereocenters. The van der Waals surface area contributed by atoms with Crippen molar-refractivity contribution in [1.82, 2.24) is 0 Å². The molecule has 0 amide bonds. The molecule has 0 radical (unpaired) electrons. The Kier molecular flexibility index (Phi) is 15.4. The van der Waals surface area contributed by atoms with Crippen LogP contribution in [0.2, 0.25) is 0 Å². The van der Waals surface area contributed by atoms with Crippen LogP contribution in [-0.4, -0.2) is 0 Å². The Morgan fingerprint density at radius 2 is 1.17 bits per heavy atom. The highest BCUT2D eigenvalue weighted by molar-refractivity contribution is 4.93. The first kappa shape index (κ1) is 35.0. The van der Waals surface area contributed by atoms with E-state index >= 15 is 0 Å². The molecule has 35 heavy (non-hydrogen) atoms. The summed E-state index contributed by atoms with van der Waals surface area (Å²) in [6.45, 7) is 37.6. The molecule has 0 aromatic carbocycles. The Bertz CT molecular complexity index is 540. The Balaban J connectivity index is 5.66. The van der Waals surface area contributed by atoms with Gasteiger partial charge in [0.1, 0.15) is 0 Å². The van der Waals surface area contributed by atoms with Crippen molar-refractivity contribution < 1.29 is 0 Å². The van der Waals surface area contributed by atoms with Gasteiger partial charge in [0.25, 0.3) is 0 Å².